The second-order valence-corrected chi connectivity index (χ2v) is 9.65. The van der Waals surface area contributed by atoms with E-state index in [2.05, 4.69) is 29.9 Å². The lowest BCUT2D eigenvalue weighted by Gasteiger charge is -2.41. The summed E-state index contributed by atoms with van der Waals surface area (Å²) < 4.78 is 42.4. The number of anilines is 2. The first-order valence-electron chi connectivity index (χ1n) is 12.3. The van der Waals surface area contributed by atoms with Crippen molar-refractivity contribution in [1.29, 1.82) is 0 Å². The van der Waals surface area contributed by atoms with E-state index in [9.17, 15) is 13.2 Å². The summed E-state index contributed by atoms with van der Waals surface area (Å²) in [6.07, 6.45) is 7.38. The van der Waals surface area contributed by atoms with E-state index in [-0.39, 0.29) is 11.6 Å². The van der Waals surface area contributed by atoms with Crippen LogP contribution in [0.1, 0.15) is 30.6 Å². The maximum Gasteiger partial charge on any atom is 0.333 e. The number of piperidine rings is 1. The molecular formula is C26H25F3N10. The highest BCUT2D eigenvalue weighted by atomic mass is 19.3. The summed E-state index contributed by atoms with van der Waals surface area (Å²) in [5.41, 5.74) is 16.5. The van der Waals surface area contributed by atoms with Gasteiger partial charge in [0.25, 0.3) is 0 Å². The van der Waals surface area contributed by atoms with Gasteiger partial charge < -0.3 is 20.9 Å². The number of aromatic nitrogens is 7. The van der Waals surface area contributed by atoms with E-state index >= 15 is 0 Å². The Morgan fingerprint density at radius 1 is 1.05 bits per heavy atom. The molecule has 1 atom stereocenters. The van der Waals surface area contributed by atoms with E-state index < -0.39 is 12.1 Å². The molecule has 1 fully saturated rings. The van der Waals surface area contributed by atoms with Crippen molar-refractivity contribution in [1.82, 2.24) is 34.3 Å². The Morgan fingerprint density at radius 2 is 1.87 bits per heavy atom. The Hall–Kier alpha value is -4.52. The molecule has 5 aromatic rings. The van der Waals surface area contributed by atoms with Gasteiger partial charge in [0, 0.05) is 24.8 Å². The Morgan fingerprint density at radius 3 is 2.64 bits per heavy atom. The lowest BCUT2D eigenvalue weighted by Crippen LogP contribution is -2.52. The smallest absolute Gasteiger partial charge is 0.333 e. The van der Waals surface area contributed by atoms with Crippen LogP contribution in [0.15, 0.2) is 61.4 Å². The monoisotopic (exact) mass is 534 g/mol. The third-order valence-electron chi connectivity index (χ3n) is 7.06. The Bertz CT molecular complexity index is 1630. The van der Waals surface area contributed by atoms with Gasteiger partial charge in [-0.25, -0.2) is 24.0 Å². The fourth-order valence-corrected chi connectivity index (χ4v) is 5.09. The highest BCUT2D eigenvalue weighted by Gasteiger charge is 2.36. The lowest BCUT2D eigenvalue weighted by molar-refractivity contribution is 0.0555. The van der Waals surface area contributed by atoms with Gasteiger partial charge in [0.2, 0.25) is 0 Å². The average molecular weight is 535 g/mol. The number of fused-ring (bicyclic) bond motifs is 1. The van der Waals surface area contributed by atoms with Crippen LogP contribution in [0, 0.1) is 5.82 Å². The standard InChI is InChI=1S/C26H25F3N10/c27-18-4-2-16(3-5-18)19-10-17(12-38-15-35-22-23(30)33-14-34-24(22)38)20(11-32-19)37-8-1-7-26(31,13-37)21-6-9-39(36-21)25(28)29/h2-6,9-11,14-15,25H,1,7-8,12-13,31H2,(H2,30,33,34)/t26-/m1/s1. The van der Waals surface area contributed by atoms with Gasteiger partial charge in [0.05, 0.1) is 41.7 Å². The van der Waals surface area contributed by atoms with E-state index in [0.717, 1.165) is 23.2 Å². The van der Waals surface area contributed by atoms with Gasteiger partial charge in [0.15, 0.2) is 11.5 Å². The molecule has 0 aliphatic carbocycles. The molecule has 1 aromatic carbocycles. The summed E-state index contributed by atoms with van der Waals surface area (Å²) in [5, 5.41) is 4.05. The molecule has 0 unspecified atom stereocenters. The van der Waals surface area contributed by atoms with Gasteiger partial charge in [0.1, 0.15) is 17.7 Å². The number of nitrogens with zero attached hydrogens (tertiary/aromatic N) is 8. The van der Waals surface area contributed by atoms with Gasteiger partial charge in [-0.3, -0.25) is 4.98 Å². The van der Waals surface area contributed by atoms with Crippen molar-refractivity contribution in [2.45, 2.75) is 31.5 Å². The number of halogens is 3. The minimum Gasteiger partial charge on any atom is -0.382 e. The van der Waals surface area contributed by atoms with Crippen LogP contribution in [-0.2, 0) is 12.1 Å². The fourth-order valence-electron chi connectivity index (χ4n) is 5.09. The quantitative estimate of drug-likeness (QED) is 0.337. The summed E-state index contributed by atoms with van der Waals surface area (Å²) in [7, 11) is 0. The zero-order valence-corrected chi connectivity index (χ0v) is 20.8. The number of nitrogens with two attached hydrogens (primary N) is 2. The molecule has 6 rings (SSSR count). The van der Waals surface area contributed by atoms with Crippen LogP contribution in [-0.4, -0.2) is 47.4 Å². The number of benzene rings is 1. The molecule has 1 aliphatic heterocycles. The van der Waals surface area contributed by atoms with Gasteiger partial charge in [-0.05, 0) is 54.8 Å². The first-order chi connectivity index (χ1) is 18.8. The summed E-state index contributed by atoms with van der Waals surface area (Å²) in [4.78, 5) is 19.5. The number of nitrogen functional groups attached to an aromatic ring is 1. The van der Waals surface area contributed by atoms with E-state index in [1.54, 1.807) is 30.7 Å². The van der Waals surface area contributed by atoms with Crippen molar-refractivity contribution < 1.29 is 13.2 Å². The normalized spacial score (nSPS) is 17.8. The number of hydrogen-bond acceptors (Lipinski definition) is 8. The minimum atomic E-state index is -2.74. The van der Waals surface area contributed by atoms with Crippen LogP contribution in [0.2, 0.25) is 0 Å². The van der Waals surface area contributed by atoms with Crippen molar-refractivity contribution in [3.63, 3.8) is 0 Å². The molecule has 10 nitrogen and oxygen atoms in total. The third kappa shape index (κ3) is 4.65. The number of hydrogen-bond donors (Lipinski definition) is 2. The first kappa shape index (κ1) is 24.8. The Kier molecular flexibility index (Phi) is 6.14. The zero-order valence-electron chi connectivity index (χ0n) is 20.8. The third-order valence-corrected chi connectivity index (χ3v) is 7.06. The molecule has 0 bridgehead atoms. The first-order valence-corrected chi connectivity index (χ1v) is 12.3. The van der Waals surface area contributed by atoms with Gasteiger partial charge in [-0.2, -0.15) is 13.9 Å². The number of imidazole rings is 1. The van der Waals surface area contributed by atoms with Gasteiger partial charge >= 0.3 is 6.55 Å². The highest BCUT2D eigenvalue weighted by molar-refractivity contribution is 5.81. The zero-order chi connectivity index (χ0) is 27.1. The molecule has 0 saturated carbocycles. The molecule has 0 spiro atoms. The predicted octanol–water partition coefficient (Wildman–Crippen LogP) is 3.70. The summed E-state index contributed by atoms with van der Waals surface area (Å²) in [6.45, 7) is -1.30. The van der Waals surface area contributed by atoms with E-state index in [1.807, 2.05) is 10.6 Å². The van der Waals surface area contributed by atoms with E-state index in [0.29, 0.717) is 53.3 Å². The van der Waals surface area contributed by atoms with Crippen molar-refractivity contribution in [2.24, 2.45) is 5.73 Å². The highest BCUT2D eigenvalue weighted by Crippen LogP contribution is 2.34. The minimum absolute atomic E-state index is 0.285. The second kappa shape index (κ2) is 9.66. The number of alkyl halides is 2. The topological polar surface area (TPSA) is 130 Å². The second-order valence-electron chi connectivity index (χ2n) is 9.65. The number of pyridine rings is 1. The molecule has 5 heterocycles. The van der Waals surface area contributed by atoms with Crippen LogP contribution in [0.5, 0.6) is 0 Å². The van der Waals surface area contributed by atoms with Crippen LogP contribution in [0.4, 0.5) is 24.7 Å². The molecular weight excluding hydrogens is 509 g/mol. The molecule has 13 heteroatoms. The molecule has 4 N–H and O–H groups in total. The van der Waals surface area contributed by atoms with Crippen LogP contribution in [0.25, 0.3) is 22.4 Å². The lowest BCUT2D eigenvalue weighted by atomic mass is 9.86. The maximum absolute atomic E-state index is 13.6. The Labute approximate surface area is 221 Å². The van der Waals surface area contributed by atoms with Gasteiger partial charge in [-0.15, -0.1) is 0 Å². The molecule has 0 amide bonds. The summed E-state index contributed by atoms with van der Waals surface area (Å²) in [6, 6.07) is 9.62. The summed E-state index contributed by atoms with van der Waals surface area (Å²) in [5.74, 6) is -0.0486. The van der Waals surface area contributed by atoms with Gasteiger partial charge in [-0.1, -0.05) is 0 Å². The molecule has 4 aromatic heterocycles. The van der Waals surface area contributed by atoms with Crippen LogP contribution < -0.4 is 16.4 Å². The van der Waals surface area contributed by atoms with Crippen molar-refractivity contribution in [3.05, 3.63) is 78.5 Å². The largest absolute Gasteiger partial charge is 0.382 e. The molecule has 1 aliphatic rings. The SMILES string of the molecule is Nc1ncnc2c1ncn2Cc1cc(-c2ccc(F)cc2)ncc1N1CCC[C@](N)(c2ccn(C(F)F)n2)C1. The average Bonchev–Trinajstić information content (AvgIpc) is 3.59. The van der Waals surface area contributed by atoms with Crippen molar-refractivity contribution in [2.75, 3.05) is 23.7 Å². The van der Waals surface area contributed by atoms with Crippen LogP contribution in [0.3, 0.4) is 0 Å². The summed E-state index contributed by atoms with van der Waals surface area (Å²) >= 11 is 0. The molecule has 39 heavy (non-hydrogen) atoms. The number of rotatable bonds is 6. The van der Waals surface area contributed by atoms with Crippen molar-refractivity contribution in [3.8, 4) is 11.3 Å². The Balaban J connectivity index is 1.39. The van der Waals surface area contributed by atoms with E-state index in [4.69, 9.17) is 11.5 Å². The molecule has 0 radical (unpaired) electrons. The maximum atomic E-state index is 13.6. The van der Waals surface area contributed by atoms with E-state index in [1.165, 1.54) is 24.7 Å². The molecule has 1 saturated heterocycles. The molecule has 200 valence electrons. The fraction of sp³-hybridized carbons (Fsp3) is 0.269. The van der Waals surface area contributed by atoms with Crippen molar-refractivity contribution >= 4 is 22.7 Å². The predicted molar refractivity (Wildman–Crippen MR) is 139 cm³/mol. The van der Waals surface area contributed by atoms with Crippen LogP contribution >= 0.6 is 0 Å².